The van der Waals surface area contributed by atoms with Crippen molar-refractivity contribution < 1.29 is 14.0 Å². The van der Waals surface area contributed by atoms with E-state index in [1.165, 1.54) is 12.1 Å². The summed E-state index contributed by atoms with van der Waals surface area (Å²) < 4.78 is 13.2. The van der Waals surface area contributed by atoms with Crippen LogP contribution in [0.2, 0.25) is 0 Å². The lowest BCUT2D eigenvalue weighted by molar-refractivity contribution is -0.132. The fraction of sp³-hybridized carbons (Fsp3) is 0.556. The molecule has 1 aromatic carbocycles. The van der Waals surface area contributed by atoms with Gasteiger partial charge in [0, 0.05) is 18.2 Å². The van der Waals surface area contributed by atoms with Crippen molar-refractivity contribution in [1.82, 2.24) is 5.32 Å². The number of hydrogen-bond acceptors (Lipinski definition) is 2. The van der Waals surface area contributed by atoms with Crippen molar-refractivity contribution in [3.8, 4) is 0 Å². The standard InChI is InChI=1S/C18H23FN2O2/c1-12-10-13(19)4-7-15(12)21-17(23)18(8-2-3-9-18)11-16(22)20-14-5-6-14/h4,7,10,14H,2-3,5-6,8-9,11H2,1H3,(H,20,22)(H,21,23). The van der Waals surface area contributed by atoms with Gasteiger partial charge in [-0.3, -0.25) is 9.59 Å². The average molecular weight is 318 g/mol. The predicted octanol–water partition coefficient (Wildman–Crippen LogP) is 3.30. The highest BCUT2D eigenvalue weighted by molar-refractivity contribution is 5.98. The van der Waals surface area contributed by atoms with Crippen molar-refractivity contribution >= 4 is 17.5 Å². The smallest absolute Gasteiger partial charge is 0.231 e. The molecule has 0 atom stereocenters. The van der Waals surface area contributed by atoms with E-state index < -0.39 is 5.41 Å². The second-order valence-corrected chi connectivity index (χ2v) is 6.92. The maximum Gasteiger partial charge on any atom is 0.231 e. The van der Waals surface area contributed by atoms with Crippen LogP contribution in [0.25, 0.3) is 0 Å². The minimum absolute atomic E-state index is 0.0274. The third-order valence-corrected chi connectivity index (χ3v) is 4.92. The van der Waals surface area contributed by atoms with E-state index in [9.17, 15) is 14.0 Å². The normalized spacial score (nSPS) is 19.4. The molecule has 0 heterocycles. The molecule has 2 saturated carbocycles. The van der Waals surface area contributed by atoms with Gasteiger partial charge in [0.05, 0.1) is 5.41 Å². The van der Waals surface area contributed by atoms with Crippen molar-refractivity contribution in [1.29, 1.82) is 0 Å². The molecule has 0 unspecified atom stereocenters. The van der Waals surface area contributed by atoms with E-state index in [0.717, 1.165) is 38.5 Å². The Labute approximate surface area is 135 Å². The molecule has 3 rings (SSSR count). The molecule has 124 valence electrons. The second kappa shape index (κ2) is 6.30. The lowest BCUT2D eigenvalue weighted by Gasteiger charge is -2.27. The molecule has 5 heteroatoms. The van der Waals surface area contributed by atoms with Crippen LogP contribution in [-0.2, 0) is 9.59 Å². The van der Waals surface area contributed by atoms with E-state index in [4.69, 9.17) is 0 Å². The molecular weight excluding hydrogens is 295 g/mol. The minimum atomic E-state index is -0.625. The van der Waals surface area contributed by atoms with Gasteiger partial charge in [0.1, 0.15) is 5.82 Å². The summed E-state index contributed by atoms with van der Waals surface area (Å²) in [7, 11) is 0. The zero-order chi connectivity index (χ0) is 16.4. The first-order valence-electron chi connectivity index (χ1n) is 8.35. The van der Waals surface area contributed by atoms with E-state index in [-0.39, 0.29) is 24.1 Å². The monoisotopic (exact) mass is 318 g/mol. The quantitative estimate of drug-likeness (QED) is 0.875. The Morgan fingerprint density at radius 3 is 2.57 bits per heavy atom. The summed E-state index contributed by atoms with van der Waals surface area (Å²) in [6, 6.07) is 4.62. The Morgan fingerprint density at radius 2 is 1.96 bits per heavy atom. The summed E-state index contributed by atoms with van der Waals surface area (Å²) in [5, 5.41) is 5.88. The molecule has 23 heavy (non-hydrogen) atoms. The van der Waals surface area contributed by atoms with Gasteiger partial charge in [-0.05, 0) is 56.4 Å². The molecule has 2 aliphatic carbocycles. The van der Waals surface area contributed by atoms with E-state index in [1.54, 1.807) is 13.0 Å². The predicted molar refractivity (Wildman–Crippen MR) is 86.4 cm³/mol. The van der Waals surface area contributed by atoms with Crippen LogP contribution >= 0.6 is 0 Å². The summed E-state index contributed by atoms with van der Waals surface area (Å²) in [5.74, 6) is -0.462. The SMILES string of the molecule is Cc1cc(F)ccc1NC(=O)C1(CC(=O)NC2CC2)CCCC1. The van der Waals surface area contributed by atoms with E-state index in [1.807, 2.05) is 0 Å². The molecule has 0 saturated heterocycles. The van der Waals surface area contributed by atoms with Gasteiger partial charge in [-0.2, -0.15) is 0 Å². The summed E-state index contributed by atoms with van der Waals surface area (Å²) in [6.07, 6.45) is 5.72. The van der Waals surface area contributed by atoms with Gasteiger partial charge in [0.2, 0.25) is 11.8 Å². The lowest BCUT2D eigenvalue weighted by atomic mass is 9.81. The average Bonchev–Trinajstić information content (AvgIpc) is 3.17. The molecule has 0 aromatic heterocycles. The number of carbonyl (C=O) groups is 2. The number of benzene rings is 1. The van der Waals surface area contributed by atoms with Gasteiger partial charge in [0.25, 0.3) is 0 Å². The molecule has 1 aromatic rings. The fourth-order valence-corrected chi connectivity index (χ4v) is 3.37. The Bertz CT molecular complexity index is 619. The molecule has 0 radical (unpaired) electrons. The topological polar surface area (TPSA) is 58.2 Å². The fourth-order valence-electron chi connectivity index (χ4n) is 3.37. The Kier molecular flexibility index (Phi) is 4.37. The maximum absolute atomic E-state index is 13.2. The molecule has 0 spiro atoms. The van der Waals surface area contributed by atoms with Gasteiger partial charge >= 0.3 is 0 Å². The van der Waals surface area contributed by atoms with Crippen molar-refractivity contribution in [3.05, 3.63) is 29.6 Å². The Morgan fingerprint density at radius 1 is 1.26 bits per heavy atom. The largest absolute Gasteiger partial charge is 0.353 e. The van der Waals surface area contributed by atoms with Crippen LogP contribution in [-0.4, -0.2) is 17.9 Å². The van der Waals surface area contributed by atoms with Crippen molar-refractivity contribution in [3.63, 3.8) is 0 Å². The molecule has 0 aliphatic heterocycles. The lowest BCUT2D eigenvalue weighted by Crippen LogP contribution is -2.39. The van der Waals surface area contributed by atoms with Crippen LogP contribution in [0.5, 0.6) is 0 Å². The molecule has 4 nitrogen and oxygen atoms in total. The van der Waals surface area contributed by atoms with E-state index in [2.05, 4.69) is 10.6 Å². The van der Waals surface area contributed by atoms with Gasteiger partial charge in [-0.1, -0.05) is 12.8 Å². The number of rotatable bonds is 5. The highest BCUT2D eigenvalue weighted by atomic mass is 19.1. The first kappa shape index (κ1) is 16.0. The van der Waals surface area contributed by atoms with Crippen molar-refractivity contribution in [2.75, 3.05) is 5.32 Å². The molecule has 2 fully saturated rings. The number of amides is 2. The molecule has 2 N–H and O–H groups in total. The number of anilines is 1. The first-order chi connectivity index (χ1) is 11.0. The minimum Gasteiger partial charge on any atom is -0.353 e. The third-order valence-electron chi connectivity index (χ3n) is 4.92. The van der Waals surface area contributed by atoms with Crippen LogP contribution < -0.4 is 10.6 Å². The van der Waals surface area contributed by atoms with Gasteiger partial charge < -0.3 is 10.6 Å². The number of hydrogen-bond donors (Lipinski definition) is 2. The summed E-state index contributed by atoms with van der Waals surface area (Å²) in [5.41, 5.74) is 0.680. The zero-order valence-corrected chi connectivity index (χ0v) is 13.5. The summed E-state index contributed by atoms with van der Waals surface area (Å²) in [4.78, 5) is 25.0. The van der Waals surface area contributed by atoms with Gasteiger partial charge in [-0.25, -0.2) is 4.39 Å². The van der Waals surface area contributed by atoms with E-state index in [0.29, 0.717) is 17.3 Å². The highest BCUT2D eigenvalue weighted by Crippen LogP contribution is 2.42. The van der Waals surface area contributed by atoms with Crippen LogP contribution in [0.1, 0.15) is 50.5 Å². The van der Waals surface area contributed by atoms with Gasteiger partial charge in [0.15, 0.2) is 0 Å². The number of nitrogens with one attached hydrogen (secondary N) is 2. The molecule has 2 aliphatic rings. The number of halogens is 1. The summed E-state index contributed by atoms with van der Waals surface area (Å²) in [6.45, 7) is 1.76. The maximum atomic E-state index is 13.2. The second-order valence-electron chi connectivity index (χ2n) is 6.92. The zero-order valence-electron chi connectivity index (χ0n) is 13.5. The van der Waals surface area contributed by atoms with E-state index >= 15 is 0 Å². The van der Waals surface area contributed by atoms with Crippen LogP contribution in [0, 0.1) is 18.2 Å². The highest BCUT2D eigenvalue weighted by Gasteiger charge is 2.43. The van der Waals surface area contributed by atoms with Crippen molar-refractivity contribution in [2.45, 2.75) is 57.9 Å². The number of carbonyl (C=O) groups excluding carboxylic acids is 2. The number of aryl methyl sites for hydroxylation is 1. The molecule has 0 bridgehead atoms. The Hall–Kier alpha value is -1.91. The third kappa shape index (κ3) is 3.71. The van der Waals surface area contributed by atoms with Crippen LogP contribution in [0.3, 0.4) is 0 Å². The molecule has 2 amide bonds. The molecular formula is C18H23FN2O2. The first-order valence-corrected chi connectivity index (χ1v) is 8.35. The van der Waals surface area contributed by atoms with Gasteiger partial charge in [-0.15, -0.1) is 0 Å². The van der Waals surface area contributed by atoms with Crippen molar-refractivity contribution in [2.24, 2.45) is 5.41 Å². The van der Waals surface area contributed by atoms with Crippen LogP contribution in [0.15, 0.2) is 18.2 Å². The summed E-state index contributed by atoms with van der Waals surface area (Å²) >= 11 is 0. The van der Waals surface area contributed by atoms with Crippen LogP contribution in [0.4, 0.5) is 10.1 Å². The Balaban J connectivity index is 1.71.